The molecule has 0 saturated carbocycles. The largest absolute Gasteiger partial charge is 0.352 e. The molecule has 0 aliphatic carbocycles. The zero-order valence-corrected chi connectivity index (χ0v) is 15.1. The Morgan fingerprint density at radius 1 is 1.16 bits per heavy atom. The van der Waals surface area contributed by atoms with E-state index in [4.69, 9.17) is 0 Å². The number of nitrogens with one attached hydrogen (secondary N) is 1. The van der Waals surface area contributed by atoms with Gasteiger partial charge in [0.1, 0.15) is 5.82 Å². The summed E-state index contributed by atoms with van der Waals surface area (Å²) >= 11 is 3.17. The van der Waals surface area contributed by atoms with E-state index in [2.05, 4.69) is 10.3 Å². The van der Waals surface area contributed by atoms with E-state index in [0.717, 1.165) is 21.9 Å². The van der Waals surface area contributed by atoms with Crippen LogP contribution in [0.2, 0.25) is 0 Å². The lowest BCUT2D eigenvalue weighted by molar-refractivity contribution is 0.0951. The summed E-state index contributed by atoms with van der Waals surface area (Å²) in [5.74, 6) is 0.394. The molecule has 0 fully saturated rings. The monoisotopic (exact) mass is 372 g/mol. The first-order valence-corrected chi connectivity index (χ1v) is 9.77. The van der Waals surface area contributed by atoms with Crippen LogP contribution in [0.4, 0.5) is 4.39 Å². The molecule has 1 aromatic heterocycles. The van der Waals surface area contributed by atoms with Crippen LogP contribution >= 0.6 is 23.1 Å². The van der Waals surface area contributed by atoms with Gasteiger partial charge in [0.2, 0.25) is 0 Å². The average molecular weight is 372 g/mol. The van der Waals surface area contributed by atoms with Crippen molar-refractivity contribution in [2.45, 2.75) is 17.1 Å². The maximum atomic E-state index is 12.9. The minimum absolute atomic E-state index is 0.0940. The van der Waals surface area contributed by atoms with E-state index in [1.807, 2.05) is 35.2 Å². The van der Waals surface area contributed by atoms with Gasteiger partial charge in [0, 0.05) is 22.6 Å². The zero-order chi connectivity index (χ0) is 17.5. The lowest BCUT2D eigenvalue weighted by atomic mass is 10.1. The number of benzene rings is 2. The van der Waals surface area contributed by atoms with Crippen molar-refractivity contribution in [1.29, 1.82) is 0 Å². The van der Waals surface area contributed by atoms with Crippen LogP contribution in [0.25, 0.3) is 0 Å². The molecule has 1 N–H and O–H groups in total. The lowest BCUT2D eigenvalue weighted by Crippen LogP contribution is -2.26. The van der Waals surface area contributed by atoms with Crippen LogP contribution in [-0.4, -0.2) is 17.4 Å². The molecule has 25 heavy (non-hydrogen) atoms. The van der Waals surface area contributed by atoms with Gasteiger partial charge in [-0.1, -0.05) is 24.3 Å². The molecule has 1 amide bonds. The summed E-state index contributed by atoms with van der Waals surface area (Å²) in [5, 5.41) is 4.95. The number of thiazole rings is 1. The average Bonchev–Trinajstić information content (AvgIpc) is 3.15. The SMILES string of the molecule is O=C(NCCc1ccc(F)cc1)c1ccccc1SCc1cscn1. The van der Waals surface area contributed by atoms with Crippen LogP contribution in [0.1, 0.15) is 21.6 Å². The maximum absolute atomic E-state index is 12.9. The van der Waals surface area contributed by atoms with Crippen molar-refractivity contribution in [3.05, 3.63) is 82.1 Å². The Kier molecular flexibility index (Phi) is 6.19. The Labute approximate surface area is 154 Å². The van der Waals surface area contributed by atoms with Crippen molar-refractivity contribution in [2.75, 3.05) is 6.54 Å². The molecule has 3 rings (SSSR count). The predicted octanol–water partition coefficient (Wildman–Crippen LogP) is 4.55. The predicted molar refractivity (Wildman–Crippen MR) is 101 cm³/mol. The molecule has 0 aliphatic heterocycles. The quantitative estimate of drug-likeness (QED) is 0.619. The van der Waals surface area contributed by atoms with Gasteiger partial charge in [-0.15, -0.1) is 23.1 Å². The molecule has 0 atom stereocenters. The Bertz CT molecular complexity index is 820. The topological polar surface area (TPSA) is 42.0 Å². The number of carbonyl (C=O) groups is 1. The van der Waals surface area contributed by atoms with Crippen molar-refractivity contribution >= 4 is 29.0 Å². The molecular weight excluding hydrogens is 355 g/mol. The summed E-state index contributed by atoms with van der Waals surface area (Å²) in [4.78, 5) is 17.7. The van der Waals surface area contributed by atoms with Crippen LogP contribution < -0.4 is 5.32 Å². The number of halogens is 1. The standard InChI is InChI=1S/C19H17FN2OS2/c20-15-7-5-14(6-8-15)9-10-21-19(23)17-3-1-2-4-18(17)25-12-16-11-24-13-22-16/h1-8,11,13H,9-10,12H2,(H,21,23). The number of amides is 1. The smallest absolute Gasteiger partial charge is 0.252 e. The first kappa shape index (κ1) is 17.6. The van der Waals surface area contributed by atoms with Crippen molar-refractivity contribution < 1.29 is 9.18 Å². The molecule has 0 radical (unpaired) electrons. The summed E-state index contributed by atoms with van der Waals surface area (Å²) in [6.45, 7) is 0.509. The van der Waals surface area contributed by atoms with Crippen LogP contribution in [0.3, 0.4) is 0 Å². The molecular formula is C19H17FN2OS2. The van der Waals surface area contributed by atoms with Gasteiger partial charge >= 0.3 is 0 Å². The zero-order valence-electron chi connectivity index (χ0n) is 13.4. The highest BCUT2D eigenvalue weighted by Crippen LogP contribution is 2.26. The number of thioether (sulfide) groups is 1. The fourth-order valence-electron chi connectivity index (χ4n) is 2.31. The lowest BCUT2D eigenvalue weighted by Gasteiger charge is -2.09. The Morgan fingerprint density at radius 3 is 2.72 bits per heavy atom. The van der Waals surface area contributed by atoms with E-state index in [1.165, 1.54) is 12.1 Å². The summed E-state index contributed by atoms with van der Waals surface area (Å²) in [7, 11) is 0. The summed E-state index contributed by atoms with van der Waals surface area (Å²) in [6, 6.07) is 13.9. The second kappa shape index (κ2) is 8.78. The van der Waals surface area contributed by atoms with Crippen LogP contribution in [0.15, 0.2) is 64.3 Å². The Morgan fingerprint density at radius 2 is 1.96 bits per heavy atom. The second-order valence-electron chi connectivity index (χ2n) is 5.40. The third-order valence-corrected chi connectivity index (χ3v) is 5.35. The van der Waals surface area contributed by atoms with E-state index < -0.39 is 0 Å². The van der Waals surface area contributed by atoms with E-state index in [9.17, 15) is 9.18 Å². The van der Waals surface area contributed by atoms with E-state index >= 15 is 0 Å². The third-order valence-electron chi connectivity index (χ3n) is 3.60. The summed E-state index contributed by atoms with van der Waals surface area (Å²) in [6.07, 6.45) is 0.667. The van der Waals surface area contributed by atoms with E-state index in [1.54, 1.807) is 35.2 Å². The molecule has 0 unspecified atom stereocenters. The van der Waals surface area contributed by atoms with Gasteiger partial charge in [0.15, 0.2) is 0 Å². The van der Waals surface area contributed by atoms with Gasteiger partial charge in [-0.2, -0.15) is 0 Å². The normalized spacial score (nSPS) is 10.6. The van der Waals surface area contributed by atoms with Crippen LogP contribution in [0, 0.1) is 5.82 Å². The first-order chi connectivity index (χ1) is 12.2. The molecule has 0 aliphatic rings. The molecule has 0 spiro atoms. The number of rotatable bonds is 7. The van der Waals surface area contributed by atoms with Crippen LogP contribution in [0.5, 0.6) is 0 Å². The molecule has 0 bridgehead atoms. The Hall–Kier alpha value is -2.18. The Balaban J connectivity index is 1.56. The number of carbonyl (C=O) groups excluding carboxylic acids is 1. The fourth-order valence-corrected chi connectivity index (χ4v) is 3.92. The molecule has 1 heterocycles. The van der Waals surface area contributed by atoms with Crippen molar-refractivity contribution in [1.82, 2.24) is 10.3 Å². The molecule has 3 nitrogen and oxygen atoms in total. The van der Waals surface area contributed by atoms with Gasteiger partial charge in [0.05, 0.1) is 16.8 Å². The van der Waals surface area contributed by atoms with Gasteiger partial charge in [-0.25, -0.2) is 9.37 Å². The van der Waals surface area contributed by atoms with Crippen molar-refractivity contribution in [3.8, 4) is 0 Å². The third kappa shape index (κ3) is 5.14. The number of hydrogen-bond donors (Lipinski definition) is 1. The van der Waals surface area contributed by atoms with Crippen LogP contribution in [-0.2, 0) is 12.2 Å². The maximum Gasteiger partial charge on any atom is 0.252 e. The van der Waals surface area contributed by atoms with E-state index in [0.29, 0.717) is 18.5 Å². The fraction of sp³-hybridized carbons (Fsp3) is 0.158. The first-order valence-electron chi connectivity index (χ1n) is 7.84. The minimum atomic E-state index is -0.251. The highest BCUT2D eigenvalue weighted by atomic mass is 32.2. The van der Waals surface area contributed by atoms with Gasteiger partial charge < -0.3 is 5.32 Å². The molecule has 3 aromatic rings. The molecule has 0 saturated heterocycles. The number of hydrogen-bond acceptors (Lipinski definition) is 4. The molecule has 128 valence electrons. The highest BCUT2D eigenvalue weighted by Gasteiger charge is 2.11. The van der Waals surface area contributed by atoms with E-state index in [-0.39, 0.29) is 11.7 Å². The second-order valence-corrected chi connectivity index (χ2v) is 7.13. The van der Waals surface area contributed by atoms with Gasteiger partial charge in [0.25, 0.3) is 5.91 Å². The van der Waals surface area contributed by atoms with Crippen molar-refractivity contribution in [2.24, 2.45) is 0 Å². The molecule has 6 heteroatoms. The highest BCUT2D eigenvalue weighted by molar-refractivity contribution is 7.98. The van der Waals surface area contributed by atoms with Gasteiger partial charge in [-0.3, -0.25) is 4.79 Å². The van der Waals surface area contributed by atoms with Crippen molar-refractivity contribution in [3.63, 3.8) is 0 Å². The number of aromatic nitrogens is 1. The minimum Gasteiger partial charge on any atom is -0.352 e. The molecule has 2 aromatic carbocycles. The summed E-state index contributed by atoms with van der Waals surface area (Å²) in [5.41, 5.74) is 4.49. The summed E-state index contributed by atoms with van der Waals surface area (Å²) < 4.78 is 12.9. The number of nitrogens with zero attached hydrogens (tertiary/aromatic N) is 1. The van der Waals surface area contributed by atoms with Gasteiger partial charge in [-0.05, 0) is 36.2 Å².